The first-order chi connectivity index (χ1) is 14.5. The molecule has 2 aromatic rings. The van der Waals surface area contributed by atoms with Gasteiger partial charge in [-0.3, -0.25) is 9.69 Å². The molecular weight excluding hydrogens is 406 g/mol. The topological polar surface area (TPSA) is 88.0 Å². The maximum Gasteiger partial charge on any atom is 0.262 e. The van der Waals surface area contributed by atoms with E-state index < -0.39 is 10.0 Å². The molecule has 0 N–H and O–H groups in total. The molecule has 1 aromatic carbocycles. The Kier molecular flexibility index (Phi) is 6.47. The lowest BCUT2D eigenvalue weighted by Gasteiger charge is -2.34. The fourth-order valence-corrected chi connectivity index (χ4v) is 5.07. The minimum atomic E-state index is -3.65. The van der Waals surface area contributed by atoms with Gasteiger partial charge in [0.1, 0.15) is 6.54 Å². The average molecular weight is 434 g/mol. The molecule has 10 heteroatoms. The van der Waals surface area contributed by atoms with Crippen molar-refractivity contribution in [3.63, 3.8) is 0 Å². The van der Waals surface area contributed by atoms with Gasteiger partial charge in [0.15, 0.2) is 5.03 Å². The van der Waals surface area contributed by atoms with Gasteiger partial charge in [-0.2, -0.15) is 4.31 Å². The first-order valence-corrected chi connectivity index (χ1v) is 11.6. The summed E-state index contributed by atoms with van der Waals surface area (Å²) in [6, 6.07) is 10.3. The monoisotopic (exact) mass is 433 g/mol. The number of piperazine rings is 1. The third kappa shape index (κ3) is 4.89. The second-order valence-electron chi connectivity index (χ2n) is 7.54. The van der Waals surface area contributed by atoms with Crippen molar-refractivity contribution in [2.45, 2.75) is 18.1 Å². The Hall–Kier alpha value is -2.27. The molecule has 2 fully saturated rings. The number of ether oxygens (including phenoxy) is 1. The van der Waals surface area contributed by atoms with Crippen molar-refractivity contribution in [3.05, 3.63) is 48.4 Å². The Morgan fingerprint density at radius 3 is 2.40 bits per heavy atom. The van der Waals surface area contributed by atoms with Crippen molar-refractivity contribution in [1.29, 1.82) is 0 Å². The van der Waals surface area contributed by atoms with Gasteiger partial charge in [-0.15, -0.1) is 0 Å². The second kappa shape index (κ2) is 9.25. The fourth-order valence-electron chi connectivity index (χ4n) is 3.73. The number of hydrogen-bond acceptors (Lipinski definition) is 6. The maximum atomic E-state index is 12.7. The van der Waals surface area contributed by atoms with E-state index in [2.05, 4.69) is 22.0 Å². The fraction of sp³-hybridized carbons (Fsp3) is 0.500. The van der Waals surface area contributed by atoms with Crippen molar-refractivity contribution in [2.75, 3.05) is 52.5 Å². The van der Waals surface area contributed by atoms with Crippen LogP contribution in [0.25, 0.3) is 0 Å². The molecule has 2 aliphatic heterocycles. The highest BCUT2D eigenvalue weighted by Gasteiger charge is 2.29. The summed E-state index contributed by atoms with van der Waals surface area (Å²) in [7, 11) is -3.65. The summed E-state index contributed by atoms with van der Waals surface area (Å²) in [6.45, 7) is 5.35. The van der Waals surface area contributed by atoms with E-state index in [1.54, 1.807) is 4.57 Å². The lowest BCUT2D eigenvalue weighted by atomic mass is 10.2. The van der Waals surface area contributed by atoms with Gasteiger partial charge in [0.25, 0.3) is 10.0 Å². The molecule has 2 aliphatic rings. The molecule has 0 bridgehead atoms. The minimum absolute atomic E-state index is 0.0233. The predicted molar refractivity (Wildman–Crippen MR) is 110 cm³/mol. The zero-order valence-corrected chi connectivity index (χ0v) is 17.7. The van der Waals surface area contributed by atoms with Gasteiger partial charge in [0.2, 0.25) is 5.91 Å². The molecule has 3 heterocycles. The Morgan fingerprint density at radius 2 is 1.70 bits per heavy atom. The molecule has 0 aliphatic carbocycles. The number of morpholine rings is 1. The van der Waals surface area contributed by atoms with Crippen LogP contribution < -0.4 is 0 Å². The summed E-state index contributed by atoms with van der Waals surface area (Å²) in [6.07, 6.45) is 2.85. The van der Waals surface area contributed by atoms with E-state index in [9.17, 15) is 13.2 Å². The minimum Gasteiger partial charge on any atom is -0.379 e. The Balaban J connectivity index is 1.30. The first kappa shape index (κ1) is 21.0. The highest BCUT2D eigenvalue weighted by atomic mass is 32.2. The number of benzene rings is 1. The lowest BCUT2D eigenvalue weighted by molar-refractivity contribution is -0.133. The van der Waals surface area contributed by atoms with Gasteiger partial charge in [-0.25, -0.2) is 13.4 Å². The van der Waals surface area contributed by atoms with E-state index in [1.807, 2.05) is 23.1 Å². The molecule has 9 nitrogen and oxygen atoms in total. The molecule has 0 radical (unpaired) electrons. The van der Waals surface area contributed by atoms with Crippen LogP contribution in [-0.2, 0) is 32.6 Å². The van der Waals surface area contributed by atoms with Crippen molar-refractivity contribution in [3.8, 4) is 0 Å². The highest BCUT2D eigenvalue weighted by molar-refractivity contribution is 7.89. The number of amides is 1. The van der Waals surface area contributed by atoms with Gasteiger partial charge in [-0.1, -0.05) is 30.3 Å². The predicted octanol–water partition coefficient (Wildman–Crippen LogP) is 0.248. The van der Waals surface area contributed by atoms with Crippen molar-refractivity contribution >= 4 is 15.9 Å². The van der Waals surface area contributed by atoms with Crippen molar-refractivity contribution in [2.24, 2.45) is 0 Å². The molecule has 0 saturated carbocycles. The molecule has 1 aromatic heterocycles. The van der Waals surface area contributed by atoms with E-state index in [1.165, 1.54) is 22.4 Å². The van der Waals surface area contributed by atoms with Crippen LogP contribution in [0.15, 0.2) is 47.9 Å². The second-order valence-corrected chi connectivity index (χ2v) is 9.43. The molecule has 4 rings (SSSR count). The van der Waals surface area contributed by atoms with Crippen LogP contribution in [0.4, 0.5) is 0 Å². The molecule has 2 saturated heterocycles. The van der Waals surface area contributed by atoms with Crippen molar-refractivity contribution < 1.29 is 17.9 Å². The summed E-state index contributed by atoms with van der Waals surface area (Å²) < 4.78 is 33.5. The SMILES string of the molecule is O=C(Cn1cnc(S(=O)(=O)N2CCOCC2)c1)N1CCN(Cc2ccccc2)CC1. The molecule has 0 unspecified atom stereocenters. The molecule has 0 spiro atoms. The zero-order valence-electron chi connectivity index (χ0n) is 16.9. The van der Waals surface area contributed by atoms with Crippen LogP contribution >= 0.6 is 0 Å². The van der Waals surface area contributed by atoms with Gasteiger partial charge < -0.3 is 14.2 Å². The summed E-state index contributed by atoms with van der Waals surface area (Å²) in [5.41, 5.74) is 1.27. The third-order valence-electron chi connectivity index (χ3n) is 5.48. The maximum absolute atomic E-state index is 12.7. The smallest absolute Gasteiger partial charge is 0.262 e. The van der Waals surface area contributed by atoms with Crippen LogP contribution in [-0.4, -0.2) is 90.5 Å². The number of sulfonamides is 1. The van der Waals surface area contributed by atoms with Gasteiger partial charge in [0.05, 0.1) is 19.5 Å². The first-order valence-electron chi connectivity index (χ1n) is 10.2. The Morgan fingerprint density at radius 1 is 1.00 bits per heavy atom. The molecule has 1 amide bonds. The Labute approximate surface area is 176 Å². The van der Waals surface area contributed by atoms with Crippen LogP contribution in [0.5, 0.6) is 0 Å². The number of aromatic nitrogens is 2. The number of rotatable bonds is 6. The van der Waals surface area contributed by atoms with Gasteiger partial charge in [-0.05, 0) is 5.56 Å². The van der Waals surface area contributed by atoms with Gasteiger partial charge >= 0.3 is 0 Å². The molecule has 30 heavy (non-hydrogen) atoms. The van der Waals surface area contributed by atoms with E-state index in [4.69, 9.17) is 4.74 Å². The van der Waals surface area contributed by atoms with E-state index in [-0.39, 0.29) is 17.5 Å². The summed E-state index contributed by atoms with van der Waals surface area (Å²) in [5, 5.41) is -0.0233. The van der Waals surface area contributed by atoms with Crippen molar-refractivity contribution in [1.82, 2.24) is 23.7 Å². The Bertz CT molecular complexity index is 949. The summed E-state index contributed by atoms with van der Waals surface area (Å²) in [4.78, 5) is 20.9. The van der Waals surface area contributed by atoms with Crippen LogP contribution in [0.2, 0.25) is 0 Å². The number of carbonyl (C=O) groups excluding carboxylic acids is 1. The number of imidazole rings is 1. The molecular formula is C20H27N5O4S. The third-order valence-corrected chi connectivity index (χ3v) is 7.26. The quantitative estimate of drug-likeness (QED) is 0.649. The van der Waals surface area contributed by atoms with Crippen LogP contribution in [0.3, 0.4) is 0 Å². The van der Waals surface area contributed by atoms with E-state index in [0.717, 1.165) is 19.6 Å². The normalized spacial score (nSPS) is 19.1. The van der Waals surface area contributed by atoms with Gasteiger partial charge in [0, 0.05) is 52.0 Å². The summed E-state index contributed by atoms with van der Waals surface area (Å²) in [5.74, 6) is -0.0259. The standard InChI is InChI=1S/C20H27N5O4S/c26-20(24-8-6-22(7-9-24)14-18-4-2-1-3-5-18)16-23-15-19(21-17-23)30(27,28)25-10-12-29-13-11-25/h1-5,15,17H,6-14,16H2. The summed E-state index contributed by atoms with van der Waals surface area (Å²) >= 11 is 0. The zero-order chi connectivity index (χ0) is 21.0. The lowest BCUT2D eigenvalue weighted by Crippen LogP contribution is -2.49. The van der Waals surface area contributed by atoms with Crippen LogP contribution in [0, 0.1) is 0 Å². The van der Waals surface area contributed by atoms with E-state index in [0.29, 0.717) is 39.4 Å². The van der Waals surface area contributed by atoms with Crippen LogP contribution in [0.1, 0.15) is 5.56 Å². The highest BCUT2D eigenvalue weighted by Crippen LogP contribution is 2.15. The molecule has 162 valence electrons. The number of hydrogen-bond donors (Lipinski definition) is 0. The number of nitrogens with zero attached hydrogens (tertiary/aromatic N) is 5. The molecule has 0 atom stereocenters. The van der Waals surface area contributed by atoms with E-state index >= 15 is 0 Å². The largest absolute Gasteiger partial charge is 0.379 e. The number of carbonyl (C=O) groups is 1. The average Bonchev–Trinajstić information content (AvgIpc) is 3.25.